The minimum absolute atomic E-state index is 0.619. The number of nitrogens with two attached hydrogens (primary N) is 2. The van der Waals surface area contributed by atoms with Crippen molar-refractivity contribution in [3.8, 4) is 0 Å². The SMILES string of the molecule is CC1=CC(C)=C(N)C(N)(c2ccc(CCCl)cc2)N1. The van der Waals surface area contributed by atoms with Gasteiger partial charge in [-0.2, -0.15) is 0 Å². The van der Waals surface area contributed by atoms with Gasteiger partial charge in [-0.05, 0) is 43.0 Å². The summed E-state index contributed by atoms with van der Waals surface area (Å²) in [6.45, 7) is 3.96. The lowest BCUT2D eigenvalue weighted by Gasteiger charge is -2.37. The molecular weight excluding hydrogens is 258 g/mol. The quantitative estimate of drug-likeness (QED) is 0.743. The molecule has 0 bridgehead atoms. The second-order valence-electron chi connectivity index (χ2n) is 4.99. The van der Waals surface area contributed by atoms with E-state index in [1.54, 1.807) is 0 Å². The minimum atomic E-state index is -0.831. The lowest BCUT2D eigenvalue weighted by atomic mass is 9.90. The van der Waals surface area contributed by atoms with Crippen LogP contribution in [0.25, 0.3) is 0 Å². The van der Waals surface area contributed by atoms with Gasteiger partial charge in [0.05, 0.1) is 5.70 Å². The van der Waals surface area contributed by atoms with Crippen LogP contribution in [0.15, 0.2) is 47.3 Å². The number of hydrogen-bond acceptors (Lipinski definition) is 3. The van der Waals surface area contributed by atoms with Crippen LogP contribution in [0.4, 0.5) is 0 Å². The molecule has 1 aromatic carbocycles. The van der Waals surface area contributed by atoms with Gasteiger partial charge in [0.2, 0.25) is 0 Å². The van der Waals surface area contributed by atoms with E-state index in [1.165, 1.54) is 5.56 Å². The number of rotatable bonds is 3. The molecule has 1 aromatic rings. The van der Waals surface area contributed by atoms with Gasteiger partial charge in [0.1, 0.15) is 0 Å². The van der Waals surface area contributed by atoms with Crippen molar-refractivity contribution in [2.45, 2.75) is 25.9 Å². The minimum Gasteiger partial charge on any atom is -0.398 e. The van der Waals surface area contributed by atoms with Gasteiger partial charge in [-0.1, -0.05) is 24.3 Å². The molecule has 102 valence electrons. The third kappa shape index (κ3) is 2.62. The fraction of sp³-hybridized carbons (Fsp3) is 0.333. The van der Waals surface area contributed by atoms with Crippen LogP contribution in [0.5, 0.6) is 0 Å². The zero-order valence-corrected chi connectivity index (χ0v) is 12.1. The summed E-state index contributed by atoms with van der Waals surface area (Å²) < 4.78 is 0. The van der Waals surface area contributed by atoms with Gasteiger partial charge >= 0.3 is 0 Å². The van der Waals surface area contributed by atoms with E-state index in [0.29, 0.717) is 11.6 Å². The van der Waals surface area contributed by atoms with Crippen LogP contribution in [0, 0.1) is 0 Å². The number of allylic oxidation sites excluding steroid dienone is 3. The fourth-order valence-electron chi connectivity index (χ4n) is 2.40. The molecule has 0 aromatic heterocycles. The van der Waals surface area contributed by atoms with Crippen LogP contribution in [0.3, 0.4) is 0 Å². The highest BCUT2D eigenvalue weighted by molar-refractivity contribution is 6.17. The lowest BCUT2D eigenvalue weighted by molar-refractivity contribution is 0.434. The Kier molecular flexibility index (Phi) is 3.88. The number of nitrogens with one attached hydrogen (secondary N) is 1. The predicted octanol–water partition coefficient (Wildman–Crippen LogP) is 2.32. The average Bonchev–Trinajstić information content (AvgIpc) is 2.37. The van der Waals surface area contributed by atoms with Crippen molar-refractivity contribution in [3.63, 3.8) is 0 Å². The molecule has 1 aliphatic heterocycles. The van der Waals surface area contributed by atoms with Crippen LogP contribution in [-0.2, 0) is 12.1 Å². The van der Waals surface area contributed by atoms with Gasteiger partial charge in [0.15, 0.2) is 5.66 Å². The molecule has 19 heavy (non-hydrogen) atoms. The van der Waals surface area contributed by atoms with Crippen molar-refractivity contribution in [2.75, 3.05) is 5.88 Å². The number of benzene rings is 1. The summed E-state index contributed by atoms with van der Waals surface area (Å²) >= 11 is 5.74. The fourth-order valence-corrected chi connectivity index (χ4v) is 2.62. The van der Waals surface area contributed by atoms with Crippen LogP contribution in [-0.4, -0.2) is 5.88 Å². The molecule has 0 fully saturated rings. The van der Waals surface area contributed by atoms with E-state index in [-0.39, 0.29) is 0 Å². The first kappa shape index (κ1) is 14.0. The molecule has 0 saturated heterocycles. The molecular formula is C15H20ClN3. The van der Waals surface area contributed by atoms with E-state index in [9.17, 15) is 0 Å². The van der Waals surface area contributed by atoms with Crippen molar-refractivity contribution in [1.29, 1.82) is 0 Å². The Morgan fingerprint density at radius 1 is 1.21 bits per heavy atom. The Morgan fingerprint density at radius 3 is 2.42 bits per heavy atom. The van der Waals surface area contributed by atoms with Gasteiger partial charge in [0, 0.05) is 11.6 Å². The van der Waals surface area contributed by atoms with Crippen LogP contribution >= 0.6 is 11.6 Å². The molecule has 3 nitrogen and oxygen atoms in total. The Morgan fingerprint density at radius 2 is 1.84 bits per heavy atom. The molecule has 1 unspecified atom stereocenters. The van der Waals surface area contributed by atoms with Crippen LogP contribution in [0.1, 0.15) is 25.0 Å². The summed E-state index contributed by atoms with van der Waals surface area (Å²) in [4.78, 5) is 0. The van der Waals surface area contributed by atoms with Gasteiger partial charge in [-0.15, -0.1) is 11.6 Å². The maximum absolute atomic E-state index is 6.47. The normalized spacial score (nSPS) is 23.1. The van der Waals surface area contributed by atoms with E-state index in [2.05, 4.69) is 5.32 Å². The summed E-state index contributed by atoms with van der Waals surface area (Å²) in [6.07, 6.45) is 2.86. The van der Waals surface area contributed by atoms with Crippen molar-refractivity contribution >= 4 is 11.6 Å². The van der Waals surface area contributed by atoms with Crippen LogP contribution < -0.4 is 16.8 Å². The highest BCUT2D eigenvalue weighted by atomic mass is 35.5. The number of halogens is 1. The van der Waals surface area contributed by atoms with Gasteiger partial charge in [0.25, 0.3) is 0 Å². The van der Waals surface area contributed by atoms with E-state index in [0.717, 1.165) is 23.3 Å². The van der Waals surface area contributed by atoms with Gasteiger partial charge < -0.3 is 11.1 Å². The summed E-state index contributed by atoms with van der Waals surface area (Å²) in [5.41, 5.74) is 16.6. The third-order valence-electron chi connectivity index (χ3n) is 3.47. The zero-order valence-electron chi connectivity index (χ0n) is 11.3. The topological polar surface area (TPSA) is 64.1 Å². The van der Waals surface area contributed by atoms with E-state index < -0.39 is 5.66 Å². The Balaban J connectivity index is 2.37. The second kappa shape index (κ2) is 5.27. The molecule has 4 heteroatoms. The van der Waals surface area contributed by atoms with E-state index in [4.69, 9.17) is 23.1 Å². The number of aryl methyl sites for hydroxylation is 1. The summed E-state index contributed by atoms with van der Waals surface area (Å²) in [5.74, 6) is 0.619. The first-order valence-electron chi connectivity index (χ1n) is 6.35. The maximum atomic E-state index is 6.47. The predicted molar refractivity (Wildman–Crippen MR) is 80.5 cm³/mol. The van der Waals surface area contributed by atoms with Crippen molar-refractivity contribution in [3.05, 3.63) is 58.4 Å². The molecule has 1 aliphatic rings. The van der Waals surface area contributed by atoms with Crippen LogP contribution in [0.2, 0.25) is 0 Å². The smallest absolute Gasteiger partial charge is 0.153 e. The second-order valence-corrected chi connectivity index (χ2v) is 5.37. The Bertz CT molecular complexity index is 531. The monoisotopic (exact) mass is 277 g/mol. The standard InChI is InChI=1S/C15H20ClN3/c1-10-9-11(2)19-15(18,14(10)17)13-5-3-12(4-6-13)7-8-16/h3-6,9,19H,7-8,17-18H2,1-2H3. The highest BCUT2D eigenvalue weighted by Crippen LogP contribution is 2.28. The molecule has 0 saturated carbocycles. The average molecular weight is 278 g/mol. The lowest BCUT2D eigenvalue weighted by Crippen LogP contribution is -2.55. The molecule has 2 rings (SSSR count). The third-order valence-corrected chi connectivity index (χ3v) is 3.66. The van der Waals surface area contributed by atoms with Gasteiger partial charge in [-0.3, -0.25) is 5.73 Å². The van der Waals surface area contributed by atoms with Gasteiger partial charge in [-0.25, -0.2) is 0 Å². The maximum Gasteiger partial charge on any atom is 0.153 e. The number of alkyl halides is 1. The molecule has 1 heterocycles. The molecule has 0 aliphatic carbocycles. The number of hydrogen-bond donors (Lipinski definition) is 3. The summed E-state index contributed by atoms with van der Waals surface area (Å²) in [6, 6.07) is 8.11. The van der Waals surface area contributed by atoms with Crippen molar-refractivity contribution < 1.29 is 0 Å². The summed E-state index contributed by atoms with van der Waals surface area (Å²) in [5, 5.41) is 3.27. The molecule has 0 amide bonds. The zero-order chi connectivity index (χ0) is 14.0. The largest absolute Gasteiger partial charge is 0.398 e. The first-order valence-corrected chi connectivity index (χ1v) is 6.88. The number of dihydropyridines is 1. The van der Waals surface area contributed by atoms with E-state index in [1.807, 2.05) is 44.2 Å². The van der Waals surface area contributed by atoms with E-state index >= 15 is 0 Å². The Hall–Kier alpha value is -1.45. The molecule has 1 atom stereocenters. The highest BCUT2D eigenvalue weighted by Gasteiger charge is 2.33. The molecule has 0 spiro atoms. The van der Waals surface area contributed by atoms with Crippen molar-refractivity contribution in [1.82, 2.24) is 5.32 Å². The summed E-state index contributed by atoms with van der Waals surface area (Å²) in [7, 11) is 0. The van der Waals surface area contributed by atoms with Crippen molar-refractivity contribution in [2.24, 2.45) is 11.5 Å². The first-order chi connectivity index (χ1) is 8.97. The molecule has 5 N–H and O–H groups in total. The molecule has 0 radical (unpaired) electrons. The Labute approximate surface area is 119 Å².